The Morgan fingerprint density at radius 1 is 1.35 bits per heavy atom. The van der Waals surface area contributed by atoms with Crippen LogP contribution in [0.3, 0.4) is 0 Å². The van der Waals surface area contributed by atoms with Crippen LogP contribution in [0.2, 0.25) is 0 Å². The molecule has 1 aromatic rings. The Labute approximate surface area is 123 Å². The van der Waals surface area contributed by atoms with E-state index in [-0.39, 0.29) is 12.1 Å². The van der Waals surface area contributed by atoms with Crippen molar-refractivity contribution in [3.05, 3.63) is 29.6 Å². The van der Waals surface area contributed by atoms with Gasteiger partial charge in [0.1, 0.15) is 0 Å². The predicted octanol–water partition coefficient (Wildman–Crippen LogP) is 3.15. The van der Waals surface area contributed by atoms with Gasteiger partial charge in [0.05, 0.1) is 11.8 Å². The molecule has 20 heavy (non-hydrogen) atoms. The van der Waals surface area contributed by atoms with Crippen molar-refractivity contribution in [3.63, 3.8) is 0 Å². The molecule has 1 fully saturated rings. The van der Waals surface area contributed by atoms with Gasteiger partial charge in [0, 0.05) is 18.3 Å². The van der Waals surface area contributed by atoms with Crippen LogP contribution in [-0.2, 0) is 6.54 Å². The molecule has 1 aliphatic carbocycles. The topological polar surface area (TPSA) is 36.4 Å². The van der Waals surface area contributed by atoms with Crippen LogP contribution in [0.1, 0.15) is 50.4 Å². The first-order valence-corrected chi connectivity index (χ1v) is 7.91. The molecule has 0 saturated heterocycles. The van der Waals surface area contributed by atoms with Crippen LogP contribution in [-0.4, -0.2) is 34.2 Å². The Balaban J connectivity index is 1.97. The lowest BCUT2D eigenvalue weighted by molar-refractivity contribution is 0.00913. The van der Waals surface area contributed by atoms with E-state index in [1.807, 2.05) is 13.0 Å². The Morgan fingerprint density at radius 2 is 2.15 bits per heavy atom. The molecule has 1 N–H and O–H groups in total. The molecular weight excluding hydrogens is 248 g/mol. The molecular formula is C17H28N2O. The highest BCUT2D eigenvalue weighted by Crippen LogP contribution is 2.31. The van der Waals surface area contributed by atoms with Crippen molar-refractivity contribution >= 4 is 0 Å². The fraction of sp³-hybridized carbons (Fsp3) is 0.706. The number of aliphatic hydroxyl groups excluding tert-OH is 1. The zero-order valence-electron chi connectivity index (χ0n) is 13.0. The van der Waals surface area contributed by atoms with Crippen molar-refractivity contribution in [1.29, 1.82) is 0 Å². The number of aromatic nitrogens is 1. The number of likely N-dealkylation sites (N-methyl/N-ethyl adjacent to an activating group) is 1. The number of hydrogen-bond acceptors (Lipinski definition) is 3. The number of nitrogens with zero attached hydrogens (tertiary/aromatic N) is 2. The number of aliphatic hydroxyl groups is 1. The standard InChI is InChI=1S/C17H28N2O/c1-4-6-14-9-10-17(20)16(11-14)19(3)12-15-8-5-7-13(2)18-15/h5,7-8,14,16-17,20H,4,6,9-12H2,1-3H3. The van der Waals surface area contributed by atoms with Crippen LogP contribution in [0.25, 0.3) is 0 Å². The molecule has 3 unspecified atom stereocenters. The van der Waals surface area contributed by atoms with Crippen LogP contribution in [0.4, 0.5) is 0 Å². The van der Waals surface area contributed by atoms with E-state index < -0.39 is 0 Å². The molecule has 1 saturated carbocycles. The third-order valence-electron chi connectivity index (χ3n) is 4.51. The maximum atomic E-state index is 10.3. The average Bonchev–Trinajstić information content (AvgIpc) is 2.41. The van der Waals surface area contributed by atoms with Gasteiger partial charge in [-0.05, 0) is 51.3 Å². The van der Waals surface area contributed by atoms with E-state index in [2.05, 4.69) is 36.0 Å². The first kappa shape index (κ1) is 15.5. The van der Waals surface area contributed by atoms with Gasteiger partial charge in [0.2, 0.25) is 0 Å². The van der Waals surface area contributed by atoms with Gasteiger partial charge in [-0.1, -0.05) is 25.8 Å². The largest absolute Gasteiger partial charge is 0.391 e. The van der Waals surface area contributed by atoms with Crippen molar-refractivity contribution in [2.75, 3.05) is 7.05 Å². The highest BCUT2D eigenvalue weighted by Gasteiger charge is 2.31. The lowest BCUT2D eigenvalue weighted by atomic mass is 9.81. The van der Waals surface area contributed by atoms with Gasteiger partial charge in [0.25, 0.3) is 0 Å². The second kappa shape index (κ2) is 7.19. The Hall–Kier alpha value is -0.930. The van der Waals surface area contributed by atoms with Crippen molar-refractivity contribution in [1.82, 2.24) is 9.88 Å². The monoisotopic (exact) mass is 276 g/mol. The van der Waals surface area contributed by atoms with Crippen molar-refractivity contribution < 1.29 is 5.11 Å². The zero-order chi connectivity index (χ0) is 14.5. The molecule has 0 bridgehead atoms. The quantitative estimate of drug-likeness (QED) is 0.897. The fourth-order valence-electron chi connectivity index (χ4n) is 3.42. The zero-order valence-corrected chi connectivity index (χ0v) is 13.0. The number of hydrogen-bond donors (Lipinski definition) is 1. The first-order chi connectivity index (χ1) is 9.60. The Morgan fingerprint density at radius 3 is 2.85 bits per heavy atom. The smallest absolute Gasteiger partial charge is 0.0695 e. The molecule has 2 rings (SSSR count). The molecule has 0 radical (unpaired) electrons. The number of pyridine rings is 1. The van der Waals surface area contributed by atoms with Gasteiger partial charge in [-0.25, -0.2) is 0 Å². The van der Waals surface area contributed by atoms with E-state index in [0.29, 0.717) is 0 Å². The summed E-state index contributed by atoms with van der Waals surface area (Å²) in [6.07, 6.45) is 5.61. The van der Waals surface area contributed by atoms with Crippen LogP contribution < -0.4 is 0 Å². The Kier molecular flexibility index (Phi) is 5.55. The van der Waals surface area contributed by atoms with Crippen LogP contribution >= 0.6 is 0 Å². The second-order valence-electron chi connectivity index (χ2n) is 6.29. The summed E-state index contributed by atoms with van der Waals surface area (Å²) < 4.78 is 0. The average molecular weight is 276 g/mol. The van der Waals surface area contributed by atoms with E-state index in [1.165, 1.54) is 19.3 Å². The minimum atomic E-state index is -0.182. The summed E-state index contributed by atoms with van der Waals surface area (Å²) in [6.45, 7) is 5.10. The second-order valence-corrected chi connectivity index (χ2v) is 6.29. The lowest BCUT2D eigenvalue weighted by Gasteiger charge is -2.38. The van der Waals surface area contributed by atoms with Crippen molar-refractivity contribution in [2.45, 2.75) is 64.6 Å². The number of aryl methyl sites for hydroxylation is 1. The van der Waals surface area contributed by atoms with E-state index in [0.717, 1.165) is 36.7 Å². The molecule has 1 aromatic heterocycles. The first-order valence-electron chi connectivity index (χ1n) is 7.91. The van der Waals surface area contributed by atoms with Gasteiger partial charge in [-0.2, -0.15) is 0 Å². The lowest BCUT2D eigenvalue weighted by Crippen LogP contribution is -2.45. The molecule has 1 heterocycles. The molecule has 3 heteroatoms. The van der Waals surface area contributed by atoms with E-state index in [9.17, 15) is 5.11 Å². The SMILES string of the molecule is CCCC1CCC(O)C(N(C)Cc2cccc(C)n2)C1. The third-order valence-corrected chi connectivity index (χ3v) is 4.51. The Bertz CT molecular complexity index is 421. The van der Waals surface area contributed by atoms with Gasteiger partial charge < -0.3 is 5.11 Å². The summed E-state index contributed by atoms with van der Waals surface area (Å²) in [6, 6.07) is 6.43. The van der Waals surface area contributed by atoms with Gasteiger partial charge >= 0.3 is 0 Å². The number of rotatable bonds is 5. The molecule has 0 spiro atoms. The minimum Gasteiger partial charge on any atom is -0.391 e. The molecule has 3 atom stereocenters. The molecule has 0 amide bonds. The summed E-state index contributed by atoms with van der Waals surface area (Å²) in [7, 11) is 2.12. The van der Waals surface area contributed by atoms with Gasteiger partial charge in [0.15, 0.2) is 0 Å². The predicted molar refractivity (Wildman–Crippen MR) is 82.5 cm³/mol. The highest BCUT2D eigenvalue weighted by atomic mass is 16.3. The minimum absolute atomic E-state index is 0.182. The third kappa shape index (κ3) is 4.03. The molecule has 3 nitrogen and oxygen atoms in total. The fourth-order valence-corrected chi connectivity index (χ4v) is 3.42. The van der Waals surface area contributed by atoms with Crippen LogP contribution in [0, 0.1) is 12.8 Å². The van der Waals surface area contributed by atoms with Crippen molar-refractivity contribution in [3.8, 4) is 0 Å². The summed E-state index contributed by atoms with van der Waals surface area (Å²) in [5.74, 6) is 0.779. The van der Waals surface area contributed by atoms with Gasteiger partial charge in [-0.15, -0.1) is 0 Å². The van der Waals surface area contributed by atoms with E-state index >= 15 is 0 Å². The van der Waals surface area contributed by atoms with E-state index in [4.69, 9.17) is 0 Å². The molecule has 0 aromatic carbocycles. The summed E-state index contributed by atoms with van der Waals surface area (Å²) >= 11 is 0. The molecule has 112 valence electrons. The van der Waals surface area contributed by atoms with Crippen molar-refractivity contribution in [2.24, 2.45) is 5.92 Å². The van der Waals surface area contributed by atoms with Gasteiger partial charge in [-0.3, -0.25) is 9.88 Å². The summed E-state index contributed by atoms with van der Waals surface area (Å²) in [5, 5.41) is 10.3. The molecule has 1 aliphatic rings. The highest BCUT2D eigenvalue weighted by molar-refractivity contribution is 5.10. The van der Waals surface area contributed by atoms with Crippen LogP contribution in [0.15, 0.2) is 18.2 Å². The maximum absolute atomic E-state index is 10.3. The van der Waals surface area contributed by atoms with Crippen LogP contribution in [0.5, 0.6) is 0 Å². The normalized spacial score (nSPS) is 26.9. The maximum Gasteiger partial charge on any atom is 0.0695 e. The molecule has 0 aliphatic heterocycles. The van der Waals surface area contributed by atoms with E-state index in [1.54, 1.807) is 0 Å². The summed E-state index contributed by atoms with van der Waals surface area (Å²) in [4.78, 5) is 6.85. The summed E-state index contributed by atoms with van der Waals surface area (Å²) in [5.41, 5.74) is 2.15.